The fourth-order valence-corrected chi connectivity index (χ4v) is 3.20. The minimum Gasteiger partial charge on any atom is -0.478 e. The highest BCUT2D eigenvalue weighted by molar-refractivity contribution is 5.97. The zero-order valence-corrected chi connectivity index (χ0v) is 15.6. The summed E-state index contributed by atoms with van der Waals surface area (Å²) in [5.74, 6) is 1.28. The van der Waals surface area contributed by atoms with Gasteiger partial charge in [0.2, 0.25) is 0 Å². The van der Waals surface area contributed by atoms with Crippen molar-refractivity contribution in [1.29, 1.82) is 0 Å². The number of ether oxygens (including phenoxy) is 1. The Bertz CT molecular complexity index is 999. The first-order chi connectivity index (χ1) is 13.1. The minimum absolute atomic E-state index is 0.0264. The van der Waals surface area contributed by atoms with Crippen LogP contribution in [0.2, 0.25) is 0 Å². The molecule has 0 fully saturated rings. The van der Waals surface area contributed by atoms with Gasteiger partial charge in [-0.15, -0.1) is 0 Å². The SMILES string of the molecule is CCC1Oc2cc(C(C)Nc3ncnc4c3ncn4CC)ccc2NC1=O. The molecule has 2 N–H and O–H groups in total. The van der Waals surface area contributed by atoms with Crippen LogP contribution in [0, 0.1) is 0 Å². The topological polar surface area (TPSA) is 94.0 Å². The number of carbonyl (C=O) groups is 1. The summed E-state index contributed by atoms with van der Waals surface area (Å²) < 4.78 is 7.82. The van der Waals surface area contributed by atoms with E-state index in [2.05, 4.69) is 32.5 Å². The predicted octanol–water partition coefficient (Wildman–Crippen LogP) is 3.13. The molecule has 0 saturated carbocycles. The zero-order chi connectivity index (χ0) is 19.0. The van der Waals surface area contributed by atoms with Crippen LogP contribution in [0.3, 0.4) is 0 Å². The maximum absolute atomic E-state index is 11.9. The second-order valence-electron chi connectivity index (χ2n) is 6.55. The molecule has 3 heterocycles. The van der Waals surface area contributed by atoms with Gasteiger partial charge in [-0.1, -0.05) is 13.0 Å². The molecule has 2 atom stereocenters. The molecule has 140 valence electrons. The number of aryl methyl sites for hydroxylation is 1. The second-order valence-corrected chi connectivity index (χ2v) is 6.55. The van der Waals surface area contributed by atoms with Gasteiger partial charge in [0.1, 0.15) is 17.6 Å². The van der Waals surface area contributed by atoms with E-state index in [0.717, 1.165) is 23.3 Å². The number of rotatable bonds is 5. The molecule has 0 saturated heterocycles. The van der Waals surface area contributed by atoms with E-state index in [4.69, 9.17) is 4.74 Å². The lowest BCUT2D eigenvalue weighted by molar-refractivity contribution is -0.123. The third-order valence-electron chi connectivity index (χ3n) is 4.79. The maximum atomic E-state index is 11.9. The van der Waals surface area contributed by atoms with E-state index in [9.17, 15) is 4.79 Å². The van der Waals surface area contributed by atoms with E-state index in [-0.39, 0.29) is 11.9 Å². The van der Waals surface area contributed by atoms with Crippen LogP contribution >= 0.6 is 0 Å². The van der Waals surface area contributed by atoms with E-state index in [1.165, 1.54) is 0 Å². The van der Waals surface area contributed by atoms with Crippen LogP contribution in [-0.2, 0) is 11.3 Å². The second kappa shape index (κ2) is 6.86. The number of carbonyl (C=O) groups excluding carboxylic acids is 1. The quantitative estimate of drug-likeness (QED) is 0.720. The van der Waals surface area contributed by atoms with Gasteiger partial charge < -0.3 is 19.9 Å². The molecule has 2 unspecified atom stereocenters. The van der Waals surface area contributed by atoms with Gasteiger partial charge in [-0.2, -0.15) is 0 Å². The molecule has 4 rings (SSSR count). The predicted molar refractivity (Wildman–Crippen MR) is 103 cm³/mol. The Labute approximate surface area is 157 Å². The molecule has 1 aromatic carbocycles. The third kappa shape index (κ3) is 3.07. The number of benzene rings is 1. The molecule has 8 heteroatoms. The lowest BCUT2D eigenvalue weighted by atomic mass is 10.1. The molecule has 1 amide bonds. The van der Waals surface area contributed by atoms with Crippen molar-refractivity contribution in [3.63, 3.8) is 0 Å². The Kier molecular flexibility index (Phi) is 4.39. The fourth-order valence-electron chi connectivity index (χ4n) is 3.20. The molecule has 0 radical (unpaired) electrons. The van der Waals surface area contributed by atoms with Crippen molar-refractivity contribution in [2.75, 3.05) is 10.6 Å². The first-order valence-electron chi connectivity index (χ1n) is 9.14. The summed E-state index contributed by atoms with van der Waals surface area (Å²) in [5.41, 5.74) is 3.29. The van der Waals surface area contributed by atoms with Gasteiger partial charge in [0, 0.05) is 6.54 Å². The summed E-state index contributed by atoms with van der Waals surface area (Å²) >= 11 is 0. The number of nitrogens with one attached hydrogen (secondary N) is 2. The Morgan fingerprint density at radius 1 is 1.30 bits per heavy atom. The molecule has 1 aliphatic heterocycles. The number of fused-ring (bicyclic) bond motifs is 2. The molecule has 8 nitrogen and oxygen atoms in total. The summed E-state index contributed by atoms with van der Waals surface area (Å²) in [7, 11) is 0. The highest BCUT2D eigenvalue weighted by Gasteiger charge is 2.26. The van der Waals surface area contributed by atoms with Crippen molar-refractivity contribution in [3.8, 4) is 5.75 Å². The van der Waals surface area contributed by atoms with Crippen LogP contribution < -0.4 is 15.4 Å². The molecular formula is C19H22N6O2. The number of aromatic nitrogens is 4. The van der Waals surface area contributed by atoms with Gasteiger partial charge in [-0.05, 0) is 38.0 Å². The average Bonchev–Trinajstić information content (AvgIpc) is 3.11. The van der Waals surface area contributed by atoms with E-state index >= 15 is 0 Å². The molecular weight excluding hydrogens is 344 g/mol. The van der Waals surface area contributed by atoms with Crippen molar-refractivity contribution >= 4 is 28.6 Å². The molecule has 0 spiro atoms. The number of nitrogens with zero attached hydrogens (tertiary/aromatic N) is 4. The van der Waals surface area contributed by atoms with Crippen LogP contribution in [0.4, 0.5) is 11.5 Å². The number of hydrogen-bond donors (Lipinski definition) is 2. The maximum Gasteiger partial charge on any atom is 0.265 e. The van der Waals surface area contributed by atoms with Crippen LogP contribution in [0.5, 0.6) is 5.75 Å². The van der Waals surface area contributed by atoms with Crippen molar-refractivity contribution in [1.82, 2.24) is 19.5 Å². The fraction of sp³-hybridized carbons (Fsp3) is 0.368. The van der Waals surface area contributed by atoms with Gasteiger partial charge in [-0.3, -0.25) is 4.79 Å². The number of anilines is 2. The van der Waals surface area contributed by atoms with Crippen LogP contribution in [0.25, 0.3) is 11.2 Å². The van der Waals surface area contributed by atoms with Gasteiger partial charge in [-0.25, -0.2) is 15.0 Å². The first-order valence-corrected chi connectivity index (χ1v) is 9.14. The van der Waals surface area contributed by atoms with Crippen LogP contribution in [0.1, 0.15) is 38.8 Å². The molecule has 3 aromatic rings. The largest absolute Gasteiger partial charge is 0.478 e. The minimum atomic E-state index is -0.449. The first kappa shape index (κ1) is 17.3. The summed E-state index contributed by atoms with van der Waals surface area (Å²) in [6.45, 7) is 6.83. The van der Waals surface area contributed by atoms with E-state index in [1.54, 1.807) is 12.7 Å². The Morgan fingerprint density at radius 3 is 2.93 bits per heavy atom. The van der Waals surface area contributed by atoms with E-state index < -0.39 is 6.10 Å². The van der Waals surface area contributed by atoms with Gasteiger partial charge in [0.05, 0.1) is 18.1 Å². The monoisotopic (exact) mass is 366 g/mol. The van der Waals surface area contributed by atoms with Crippen molar-refractivity contribution in [2.45, 2.75) is 45.9 Å². The lowest BCUT2D eigenvalue weighted by Gasteiger charge is -2.26. The highest BCUT2D eigenvalue weighted by Crippen LogP contribution is 2.34. The van der Waals surface area contributed by atoms with Crippen molar-refractivity contribution < 1.29 is 9.53 Å². The molecule has 27 heavy (non-hydrogen) atoms. The van der Waals surface area contributed by atoms with Gasteiger partial charge in [0.25, 0.3) is 5.91 Å². The van der Waals surface area contributed by atoms with Crippen molar-refractivity contribution in [2.24, 2.45) is 0 Å². The van der Waals surface area contributed by atoms with Crippen LogP contribution in [0.15, 0.2) is 30.9 Å². The molecule has 2 aromatic heterocycles. The molecule has 0 bridgehead atoms. The summed E-state index contributed by atoms with van der Waals surface area (Å²) in [4.78, 5) is 25.0. The highest BCUT2D eigenvalue weighted by atomic mass is 16.5. The van der Waals surface area contributed by atoms with Crippen molar-refractivity contribution in [3.05, 3.63) is 36.4 Å². The summed E-state index contributed by atoms with van der Waals surface area (Å²) in [6.07, 6.45) is 3.50. The smallest absolute Gasteiger partial charge is 0.265 e. The zero-order valence-electron chi connectivity index (χ0n) is 15.6. The average molecular weight is 366 g/mol. The molecule has 1 aliphatic rings. The van der Waals surface area contributed by atoms with Gasteiger partial charge in [0.15, 0.2) is 17.6 Å². The summed E-state index contributed by atoms with van der Waals surface area (Å²) in [5, 5.41) is 6.30. The number of imidazole rings is 1. The van der Waals surface area contributed by atoms with E-state index in [1.807, 2.05) is 36.6 Å². The van der Waals surface area contributed by atoms with Crippen LogP contribution in [-0.4, -0.2) is 31.5 Å². The summed E-state index contributed by atoms with van der Waals surface area (Å²) in [6, 6.07) is 5.77. The van der Waals surface area contributed by atoms with E-state index in [0.29, 0.717) is 23.7 Å². The normalized spacial score (nSPS) is 17.1. The third-order valence-corrected chi connectivity index (χ3v) is 4.79. The Hall–Kier alpha value is -3.16. The molecule has 0 aliphatic carbocycles. The Balaban J connectivity index is 1.60. The van der Waals surface area contributed by atoms with Gasteiger partial charge >= 0.3 is 0 Å². The Morgan fingerprint density at radius 2 is 2.15 bits per heavy atom. The lowest BCUT2D eigenvalue weighted by Crippen LogP contribution is -2.36. The number of hydrogen-bond acceptors (Lipinski definition) is 6. The standard InChI is InChI=1S/C19H22N6O2/c1-4-14-19(26)24-13-7-6-12(8-15(13)27-14)11(3)23-17-16-18(21-9-20-17)25(5-2)10-22-16/h6-11,14H,4-5H2,1-3H3,(H,24,26)(H,20,21,23). The number of amides is 1.